The number of methoxy groups -OCH3 is 3. The first kappa shape index (κ1) is 57.8. The SMILES string of the molecule is C.C.COc1ccc(Cc2ccc(F)cc2)cc1-c1ccc[n+]([O-])c1.COc1ccc(Cc2ccc(F)cc2)cc1-c1cccnc1.COc1ccc(Cc2ccc(F)cc2)cc1Br.OB(O)c1cccnc1. The lowest BCUT2D eigenvalue weighted by Gasteiger charge is -2.11. The number of hydrogen-bond acceptors (Lipinski definition) is 8. The third kappa shape index (κ3) is 18.1. The molecule has 0 saturated heterocycles. The first-order chi connectivity index (χ1) is 34.4. The molecule has 9 rings (SSSR count). The van der Waals surface area contributed by atoms with Gasteiger partial charge in [-0.25, -0.2) is 13.2 Å². The maximum absolute atomic E-state index is 13.0. The van der Waals surface area contributed by atoms with Gasteiger partial charge in [-0.15, -0.1) is 0 Å². The maximum Gasteiger partial charge on any atom is 0.490 e. The monoisotopic (exact) mass is 1050 g/mol. The Bertz CT molecular complexity index is 3050. The summed E-state index contributed by atoms with van der Waals surface area (Å²) in [5.41, 5.74) is 10.6. The van der Waals surface area contributed by atoms with Gasteiger partial charge in [0.05, 0.1) is 31.4 Å². The van der Waals surface area contributed by atoms with Crippen LogP contribution in [0.5, 0.6) is 17.2 Å². The summed E-state index contributed by atoms with van der Waals surface area (Å²) in [4.78, 5) is 7.85. The van der Waals surface area contributed by atoms with Crippen LogP contribution >= 0.6 is 15.9 Å². The number of ether oxygens (including phenoxy) is 3. The number of hydrogen-bond donors (Lipinski definition) is 2. The molecular weight excluding hydrogens is 994 g/mol. The summed E-state index contributed by atoms with van der Waals surface area (Å²) < 4.78 is 56.5. The molecule has 14 heteroatoms. The predicted octanol–water partition coefficient (Wildman–Crippen LogP) is 12.4. The third-order valence-electron chi connectivity index (χ3n) is 10.7. The molecule has 0 unspecified atom stereocenters. The highest BCUT2D eigenvalue weighted by atomic mass is 79.9. The van der Waals surface area contributed by atoms with Crippen LogP contribution < -0.4 is 24.4 Å². The van der Waals surface area contributed by atoms with Crippen molar-refractivity contribution in [2.24, 2.45) is 0 Å². The van der Waals surface area contributed by atoms with Crippen molar-refractivity contribution in [1.29, 1.82) is 0 Å². The van der Waals surface area contributed by atoms with Gasteiger partial charge in [0.2, 0.25) is 0 Å². The average Bonchev–Trinajstić information content (AvgIpc) is 3.39. The molecule has 376 valence electrons. The van der Waals surface area contributed by atoms with Crippen molar-refractivity contribution < 1.29 is 42.2 Å². The lowest BCUT2D eigenvalue weighted by Crippen LogP contribution is -2.29. The van der Waals surface area contributed by atoms with Gasteiger partial charge in [0.1, 0.15) is 34.7 Å². The standard InChI is InChI=1S/C19H16FNO2.C19H16FNO.C14H12BrFO.C5H6BNO2.2CH4/c1-23-19-9-6-15(11-14-4-7-17(20)8-5-14)12-18(19)16-3-2-10-21(22)13-16;1-22-19-9-6-15(11-14-4-7-17(20)8-5-14)12-18(19)16-3-2-10-21-13-16;1-17-14-7-4-11(9-13(14)15)8-10-2-5-12(16)6-3-10;8-6(9)5-2-1-3-7-4-5;;/h2-10,12-13H,11H2,1H3;2-10,12-13H,11H2,1H3;2-7,9H,8H2,1H3;1-4,8-9H;2*1H4. The summed E-state index contributed by atoms with van der Waals surface area (Å²) in [6.07, 6.45) is 11.7. The minimum absolute atomic E-state index is 0. The molecular formula is C59H58BBrF3N3O6. The molecule has 9 nitrogen and oxygen atoms in total. The number of aromatic nitrogens is 3. The van der Waals surface area contributed by atoms with Crippen LogP contribution in [0, 0.1) is 22.7 Å². The second-order valence-corrected chi connectivity index (χ2v) is 16.7. The minimum atomic E-state index is -1.40. The molecule has 9 aromatic rings. The van der Waals surface area contributed by atoms with Crippen LogP contribution in [0.15, 0.2) is 205 Å². The van der Waals surface area contributed by atoms with E-state index in [9.17, 15) is 18.4 Å². The molecule has 0 atom stereocenters. The zero-order valence-corrected chi connectivity index (χ0v) is 40.7. The van der Waals surface area contributed by atoms with Crippen molar-refractivity contribution in [2.45, 2.75) is 34.1 Å². The van der Waals surface area contributed by atoms with Gasteiger partial charge >= 0.3 is 7.12 Å². The van der Waals surface area contributed by atoms with Crippen molar-refractivity contribution >= 4 is 28.5 Å². The second-order valence-electron chi connectivity index (χ2n) is 15.8. The highest BCUT2D eigenvalue weighted by molar-refractivity contribution is 9.10. The van der Waals surface area contributed by atoms with Gasteiger partial charge in [-0.05, 0) is 160 Å². The smallest absolute Gasteiger partial charge is 0.490 e. The Morgan fingerprint density at radius 1 is 0.507 bits per heavy atom. The molecule has 6 aromatic carbocycles. The zero-order chi connectivity index (χ0) is 50.5. The molecule has 0 radical (unpaired) electrons. The molecule has 3 aromatic heterocycles. The minimum Gasteiger partial charge on any atom is -0.619 e. The summed E-state index contributed by atoms with van der Waals surface area (Å²) in [5.74, 6) is 1.68. The summed E-state index contributed by atoms with van der Waals surface area (Å²) in [6.45, 7) is 0. The van der Waals surface area contributed by atoms with E-state index in [-0.39, 0.29) is 32.3 Å². The summed E-state index contributed by atoms with van der Waals surface area (Å²) in [6, 6.07) is 48.2. The molecule has 2 N–H and O–H groups in total. The predicted molar refractivity (Wildman–Crippen MR) is 289 cm³/mol. The Kier molecular flexibility index (Phi) is 23.4. The molecule has 0 spiro atoms. The van der Waals surface area contributed by atoms with Gasteiger partial charge < -0.3 is 29.5 Å². The topological polar surface area (TPSA) is 121 Å². The van der Waals surface area contributed by atoms with Crippen molar-refractivity contribution in [3.63, 3.8) is 0 Å². The van der Waals surface area contributed by atoms with E-state index in [1.54, 1.807) is 76.2 Å². The van der Waals surface area contributed by atoms with E-state index in [2.05, 4.69) is 32.0 Å². The van der Waals surface area contributed by atoms with E-state index >= 15 is 0 Å². The van der Waals surface area contributed by atoms with Gasteiger partial charge in [0, 0.05) is 53.0 Å². The van der Waals surface area contributed by atoms with Crippen molar-refractivity contribution in [2.75, 3.05) is 21.3 Å². The lowest BCUT2D eigenvalue weighted by atomic mass is 9.82. The van der Waals surface area contributed by atoms with Crippen LogP contribution in [0.4, 0.5) is 13.2 Å². The maximum atomic E-state index is 13.0. The highest BCUT2D eigenvalue weighted by Crippen LogP contribution is 2.33. The number of rotatable bonds is 12. The van der Waals surface area contributed by atoms with Crippen LogP contribution in [0.25, 0.3) is 22.3 Å². The van der Waals surface area contributed by atoms with Crippen LogP contribution in [0.2, 0.25) is 0 Å². The molecule has 0 aliphatic carbocycles. The molecule has 73 heavy (non-hydrogen) atoms. The van der Waals surface area contributed by atoms with Gasteiger partial charge in [-0.1, -0.05) is 81.6 Å². The molecule has 0 aliphatic heterocycles. The fourth-order valence-corrected chi connectivity index (χ4v) is 7.77. The fourth-order valence-electron chi connectivity index (χ4n) is 7.18. The van der Waals surface area contributed by atoms with Crippen LogP contribution in [0.1, 0.15) is 48.2 Å². The summed E-state index contributed by atoms with van der Waals surface area (Å²) in [7, 11) is 3.50. The molecule has 0 fully saturated rings. The Morgan fingerprint density at radius 3 is 1.27 bits per heavy atom. The second kappa shape index (κ2) is 29.5. The van der Waals surface area contributed by atoms with E-state index in [0.29, 0.717) is 17.6 Å². The first-order valence-corrected chi connectivity index (χ1v) is 23.0. The Labute approximate surface area is 435 Å². The summed E-state index contributed by atoms with van der Waals surface area (Å²) >= 11 is 3.45. The first-order valence-electron chi connectivity index (χ1n) is 22.2. The van der Waals surface area contributed by atoms with Crippen molar-refractivity contribution in [1.82, 2.24) is 9.97 Å². The van der Waals surface area contributed by atoms with E-state index in [1.165, 1.54) is 55.0 Å². The van der Waals surface area contributed by atoms with Gasteiger partial charge in [0.15, 0.2) is 12.4 Å². The number of benzene rings is 6. The quantitative estimate of drug-likeness (QED) is 0.0705. The molecule has 0 amide bonds. The number of nitrogens with zero attached hydrogens (tertiary/aromatic N) is 3. The average molecular weight is 1050 g/mol. The van der Waals surface area contributed by atoms with Gasteiger partial charge in [0.25, 0.3) is 0 Å². The Morgan fingerprint density at radius 2 is 0.904 bits per heavy atom. The third-order valence-corrected chi connectivity index (χ3v) is 11.4. The Balaban J connectivity index is 0.000000218. The van der Waals surface area contributed by atoms with Gasteiger partial charge in [-0.2, -0.15) is 4.73 Å². The van der Waals surface area contributed by atoms with Crippen LogP contribution in [0.3, 0.4) is 0 Å². The summed E-state index contributed by atoms with van der Waals surface area (Å²) in [5, 5.41) is 28.6. The van der Waals surface area contributed by atoms with Crippen molar-refractivity contribution in [3.8, 4) is 39.5 Å². The number of pyridine rings is 3. The molecule has 0 bridgehead atoms. The Hall–Kier alpha value is -7.78. The fraction of sp³-hybridized carbons (Fsp3) is 0.136. The zero-order valence-electron chi connectivity index (χ0n) is 39.1. The van der Waals surface area contributed by atoms with Crippen LogP contribution in [-0.2, 0) is 19.3 Å². The van der Waals surface area contributed by atoms with Crippen molar-refractivity contribution in [3.05, 3.63) is 261 Å². The molecule has 0 saturated carbocycles. The normalized spacial score (nSPS) is 9.99. The van der Waals surface area contributed by atoms with E-state index in [4.69, 9.17) is 24.3 Å². The van der Waals surface area contributed by atoms with E-state index < -0.39 is 7.12 Å². The molecule has 3 heterocycles. The van der Waals surface area contributed by atoms with E-state index in [1.807, 2.05) is 85.1 Å². The van der Waals surface area contributed by atoms with Gasteiger partial charge in [-0.3, -0.25) is 9.97 Å². The van der Waals surface area contributed by atoms with Crippen LogP contribution in [-0.4, -0.2) is 48.5 Å². The largest absolute Gasteiger partial charge is 0.619 e. The molecule has 0 aliphatic rings. The lowest BCUT2D eigenvalue weighted by molar-refractivity contribution is -0.604. The highest BCUT2D eigenvalue weighted by Gasteiger charge is 2.12. The number of halogens is 4. The van der Waals surface area contributed by atoms with E-state index in [0.717, 1.165) is 89.2 Å².